The van der Waals surface area contributed by atoms with Gasteiger partial charge in [-0.25, -0.2) is 9.78 Å². The zero-order chi connectivity index (χ0) is 13.9. The highest BCUT2D eigenvalue weighted by Gasteiger charge is 2.26. The van der Waals surface area contributed by atoms with E-state index < -0.39 is 5.97 Å². The summed E-state index contributed by atoms with van der Waals surface area (Å²) in [6, 6.07) is 9.85. The first-order valence-corrected chi connectivity index (χ1v) is 7.13. The SMILES string of the molecule is O=C(O)c1ncn(-c2ccccc2)c1C1CCCCC1. The Morgan fingerprint density at radius 2 is 1.85 bits per heavy atom. The van der Waals surface area contributed by atoms with Crippen molar-refractivity contribution in [2.45, 2.75) is 38.0 Å². The van der Waals surface area contributed by atoms with Crippen LogP contribution in [0.15, 0.2) is 36.7 Å². The van der Waals surface area contributed by atoms with Gasteiger partial charge in [0.15, 0.2) is 5.69 Å². The Balaban J connectivity index is 2.08. The van der Waals surface area contributed by atoms with Gasteiger partial charge in [-0.3, -0.25) is 0 Å². The molecule has 0 atom stereocenters. The quantitative estimate of drug-likeness (QED) is 0.926. The van der Waals surface area contributed by atoms with E-state index in [4.69, 9.17) is 0 Å². The van der Waals surface area contributed by atoms with Gasteiger partial charge in [-0.05, 0) is 25.0 Å². The largest absolute Gasteiger partial charge is 0.476 e. The first-order chi connectivity index (χ1) is 9.77. The molecule has 1 aromatic heterocycles. The topological polar surface area (TPSA) is 55.1 Å². The molecule has 0 bridgehead atoms. The summed E-state index contributed by atoms with van der Waals surface area (Å²) in [6.07, 6.45) is 7.34. The Hall–Kier alpha value is -2.10. The molecule has 0 saturated heterocycles. The van der Waals surface area contributed by atoms with Crippen LogP contribution in [0.1, 0.15) is 54.2 Å². The van der Waals surface area contributed by atoms with Crippen LogP contribution in [0.3, 0.4) is 0 Å². The predicted octanol–water partition coefficient (Wildman–Crippen LogP) is 3.62. The molecule has 3 rings (SSSR count). The normalized spacial score (nSPS) is 16.2. The molecule has 4 nitrogen and oxygen atoms in total. The Kier molecular flexibility index (Phi) is 3.54. The van der Waals surface area contributed by atoms with Gasteiger partial charge in [0.2, 0.25) is 0 Å². The summed E-state index contributed by atoms with van der Waals surface area (Å²) >= 11 is 0. The molecule has 20 heavy (non-hydrogen) atoms. The molecule has 0 aliphatic heterocycles. The number of imidazole rings is 1. The van der Waals surface area contributed by atoms with Crippen molar-refractivity contribution in [1.82, 2.24) is 9.55 Å². The fraction of sp³-hybridized carbons (Fsp3) is 0.375. The van der Waals surface area contributed by atoms with Crippen LogP contribution >= 0.6 is 0 Å². The number of nitrogens with zero attached hydrogens (tertiary/aromatic N) is 2. The molecule has 1 N–H and O–H groups in total. The number of carboxylic acids is 1. The standard InChI is InChI=1S/C16H18N2O2/c19-16(20)14-15(12-7-3-1-4-8-12)18(11-17-14)13-9-5-2-6-10-13/h2,5-6,9-12H,1,3-4,7-8H2,(H,19,20). The van der Waals surface area contributed by atoms with Crippen molar-refractivity contribution in [3.05, 3.63) is 48.0 Å². The van der Waals surface area contributed by atoms with Gasteiger partial charge in [-0.1, -0.05) is 37.5 Å². The molecule has 4 heteroatoms. The summed E-state index contributed by atoms with van der Waals surface area (Å²) in [6.45, 7) is 0. The van der Waals surface area contributed by atoms with E-state index in [9.17, 15) is 9.90 Å². The smallest absolute Gasteiger partial charge is 0.356 e. The lowest BCUT2D eigenvalue weighted by atomic mass is 9.86. The summed E-state index contributed by atoms with van der Waals surface area (Å²) in [5.41, 5.74) is 2.05. The van der Waals surface area contributed by atoms with Crippen LogP contribution in [0.4, 0.5) is 0 Å². The molecule has 1 fully saturated rings. The highest BCUT2D eigenvalue weighted by Crippen LogP contribution is 2.35. The lowest BCUT2D eigenvalue weighted by Gasteiger charge is -2.23. The lowest BCUT2D eigenvalue weighted by Crippen LogP contribution is -2.14. The number of carboxylic acid groups (broad SMARTS) is 1. The molecule has 2 aromatic rings. The number of hydrogen-bond acceptors (Lipinski definition) is 2. The van der Waals surface area contributed by atoms with E-state index in [-0.39, 0.29) is 5.69 Å². The maximum absolute atomic E-state index is 11.4. The summed E-state index contributed by atoms with van der Waals surface area (Å²) in [5, 5.41) is 9.38. The van der Waals surface area contributed by atoms with Crippen molar-refractivity contribution >= 4 is 5.97 Å². The maximum Gasteiger partial charge on any atom is 0.356 e. The van der Waals surface area contributed by atoms with Crippen molar-refractivity contribution in [3.8, 4) is 5.69 Å². The van der Waals surface area contributed by atoms with Crippen molar-refractivity contribution in [2.24, 2.45) is 0 Å². The lowest BCUT2D eigenvalue weighted by molar-refractivity contribution is 0.0688. The van der Waals surface area contributed by atoms with Crippen LogP contribution in [0.2, 0.25) is 0 Å². The van der Waals surface area contributed by atoms with E-state index in [1.54, 1.807) is 6.33 Å². The van der Waals surface area contributed by atoms with Gasteiger partial charge in [-0.2, -0.15) is 0 Å². The number of rotatable bonds is 3. The van der Waals surface area contributed by atoms with E-state index >= 15 is 0 Å². The van der Waals surface area contributed by atoms with Gasteiger partial charge < -0.3 is 9.67 Å². The van der Waals surface area contributed by atoms with E-state index in [0.717, 1.165) is 24.2 Å². The van der Waals surface area contributed by atoms with Crippen molar-refractivity contribution in [3.63, 3.8) is 0 Å². The first kappa shape index (κ1) is 12.9. The van der Waals surface area contributed by atoms with E-state index in [1.807, 2.05) is 34.9 Å². The zero-order valence-corrected chi connectivity index (χ0v) is 11.3. The van der Waals surface area contributed by atoms with Crippen LogP contribution in [-0.4, -0.2) is 20.6 Å². The summed E-state index contributed by atoms with van der Waals surface area (Å²) < 4.78 is 1.94. The number of aromatic carboxylic acids is 1. The molecule has 1 heterocycles. The van der Waals surface area contributed by atoms with E-state index in [1.165, 1.54) is 19.3 Å². The highest BCUT2D eigenvalue weighted by molar-refractivity contribution is 5.87. The second kappa shape index (κ2) is 5.49. The Bertz CT molecular complexity index is 598. The molecule has 1 aliphatic carbocycles. The van der Waals surface area contributed by atoms with Crippen molar-refractivity contribution in [1.29, 1.82) is 0 Å². The van der Waals surface area contributed by atoms with Gasteiger partial charge in [0, 0.05) is 11.6 Å². The van der Waals surface area contributed by atoms with Gasteiger partial charge in [-0.15, -0.1) is 0 Å². The molecule has 0 spiro atoms. The minimum absolute atomic E-state index is 0.209. The van der Waals surface area contributed by atoms with Gasteiger partial charge in [0.05, 0.1) is 5.69 Å². The molecule has 1 aliphatic rings. The van der Waals surface area contributed by atoms with Crippen LogP contribution in [0, 0.1) is 0 Å². The van der Waals surface area contributed by atoms with Crippen molar-refractivity contribution in [2.75, 3.05) is 0 Å². The van der Waals surface area contributed by atoms with Gasteiger partial charge in [0.1, 0.15) is 6.33 Å². The minimum Gasteiger partial charge on any atom is -0.476 e. The summed E-state index contributed by atoms with van der Waals surface area (Å²) in [4.78, 5) is 15.6. The van der Waals surface area contributed by atoms with Crippen molar-refractivity contribution < 1.29 is 9.90 Å². The highest BCUT2D eigenvalue weighted by atomic mass is 16.4. The molecular formula is C16H18N2O2. The predicted molar refractivity (Wildman–Crippen MR) is 76.3 cm³/mol. The number of aromatic nitrogens is 2. The average molecular weight is 270 g/mol. The summed E-state index contributed by atoms with van der Waals surface area (Å²) in [5.74, 6) is -0.627. The van der Waals surface area contributed by atoms with E-state index in [0.29, 0.717) is 5.92 Å². The number of hydrogen-bond donors (Lipinski definition) is 1. The minimum atomic E-state index is -0.930. The Labute approximate surface area is 118 Å². The number of carbonyl (C=O) groups is 1. The van der Waals surface area contributed by atoms with E-state index in [2.05, 4.69) is 4.98 Å². The van der Waals surface area contributed by atoms with Crippen LogP contribution < -0.4 is 0 Å². The molecule has 104 valence electrons. The molecule has 0 unspecified atom stereocenters. The molecule has 1 aromatic carbocycles. The zero-order valence-electron chi connectivity index (χ0n) is 11.3. The van der Waals surface area contributed by atoms with Crippen LogP contribution in [0.25, 0.3) is 5.69 Å². The Morgan fingerprint density at radius 3 is 2.50 bits per heavy atom. The number of para-hydroxylation sites is 1. The van der Waals surface area contributed by atoms with Gasteiger partial charge >= 0.3 is 5.97 Å². The number of benzene rings is 1. The van der Waals surface area contributed by atoms with Crippen LogP contribution in [0.5, 0.6) is 0 Å². The second-order valence-electron chi connectivity index (χ2n) is 5.32. The second-order valence-corrected chi connectivity index (χ2v) is 5.32. The first-order valence-electron chi connectivity index (χ1n) is 7.13. The average Bonchev–Trinajstić information content (AvgIpc) is 2.94. The molecule has 0 amide bonds. The maximum atomic E-state index is 11.4. The summed E-state index contributed by atoms with van der Waals surface area (Å²) in [7, 11) is 0. The Morgan fingerprint density at radius 1 is 1.15 bits per heavy atom. The molecular weight excluding hydrogens is 252 g/mol. The molecule has 0 radical (unpaired) electrons. The third kappa shape index (κ3) is 2.33. The third-order valence-electron chi connectivity index (χ3n) is 4.03. The fourth-order valence-corrected chi connectivity index (χ4v) is 3.08. The monoisotopic (exact) mass is 270 g/mol. The fourth-order valence-electron chi connectivity index (χ4n) is 3.08. The van der Waals surface area contributed by atoms with Gasteiger partial charge in [0.25, 0.3) is 0 Å². The van der Waals surface area contributed by atoms with Crippen LogP contribution in [-0.2, 0) is 0 Å². The third-order valence-corrected chi connectivity index (χ3v) is 4.03. The molecule has 1 saturated carbocycles.